The van der Waals surface area contributed by atoms with E-state index in [2.05, 4.69) is 17.6 Å². The number of rotatable bonds is 1. The summed E-state index contributed by atoms with van der Waals surface area (Å²) in [6.45, 7) is 0. The summed E-state index contributed by atoms with van der Waals surface area (Å²) in [5, 5.41) is 0.902. The molecule has 0 amide bonds. The van der Waals surface area contributed by atoms with E-state index in [1.807, 2.05) is 6.07 Å². The van der Waals surface area contributed by atoms with E-state index in [0.717, 1.165) is 16.6 Å². The molecule has 1 aromatic carbocycles. The summed E-state index contributed by atoms with van der Waals surface area (Å²) in [7, 11) is 0. The van der Waals surface area contributed by atoms with Crippen molar-refractivity contribution in [3.63, 3.8) is 0 Å². The molecule has 0 aliphatic heterocycles. The number of aromatic nitrogens is 1. The molecule has 1 aromatic heterocycles. The van der Waals surface area contributed by atoms with Crippen molar-refractivity contribution in [1.29, 1.82) is 0 Å². The van der Waals surface area contributed by atoms with Crippen molar-refractivity contribution in [2.75, 3.05) is 0 Å². The first kappa shape index (κ1) is 7.68. The molecule has 0 bridgehead atoms. The largest absolute Gasteiger partial charge is 0.358 e. The van der Waals surface area contributed by atoms with E-state index in [-0.39, 0.29) is 5.82 Å². The smallest absolute Gasteiger partial charge is 0.123 e. The number of hydrogen-bond donors (Lipinski definition) is 2. The van der Waals surface area contributed by atoms with Crippen molar-refractivity contribution >= 4 is 23.5 Å². The van der Waals surface area contributed by atoms with Gasteiger partial charge in [0.25, 0.3) is 0 Å². The van der Waals surface area contributed by atoms with Crippen molar-refractivity contribution in [2.45, 2.75) is 5.75 Å². The Morgan fingerprint density at radius 3 is 2.92 bits per heavy atom. The minimum atomic E-state index is -0.202. The molecule has 0 atom stereocenters. The highest BCUT2D eigenvalue weighted by molar-refractivity contribution is 7.79. The molecule has 0 saturated carbocycles. The predicted octanol–water partition coefficient (Wildman–Crippen LogP) is 2.74. The summed E-state index contributed by atoms with van der Waals surface area (Å²) in [6.07, 6.45) is 0. The number of nitrogens with one attached hydrogen (secondary N) is 1. The minimum absolute atomic E-state index is 0.202. The highest BCUT2D eigenvalue weighted by atomic mass is 32.1. The maximum absolute atomic E-state index is 12.7. The molecule has 0 spiro atoms. The number of hydrogen-bond acceptors (Lipinski definition) is 1. The first-order valence-electron chi connectivity index (χ1n) is 3.67. The zero-order chi connectivity index (χ0) is 8.55. The molecule has 62 valence electrons. The molecule has 1 nitrogen and oxygen atoms in total. The average Bonchev–Trinajstić information content (AvgIpc) is 2.46. The number of fused-ring (bicyclic) bond motifs is 1. The highest BCUT2D eigenvalue weighted by Gasteiger charge is 1.99. The van der Waals surface area contributed by atoms with Crippen molar-refractivity contribution in [2.24, 2.45) is 0 Å². The monoisotopic (exact) mass is 181 g/mol. The van der Waals surface area contributed by atoms with Gasteiger partial charge >= 0.3 is 0 Å². The molecule has 0 aliphatic carbocycles. The molecule has 1 heterocycles. The van der Waals surface area contributed by atoms with E-state index in [9.17, 15) is 4.39 Å². The topological polar surface area (TPSA) is 15.8 Å². The maximum Gasteiger partial charge on any atom is 0.123 e. The number of thiol groups is 1. The minimum Gasteiger partial charge on any atom is -0.358 e. The number of halogens is 1. The maximum atomic E-state index is 12.7. The lowest BCUT2D eigenvalue weighted by Crippen LogP contribution is -1.73. The third-order valence-corrected chi connectivity index (χ3v) is 2.15. The first-order chi connectivity index (χ1) is 5.79. The lowest BCUT2D eigenvalue weighted by Gasteiger charge is -1.87. The van der Waals surface area contributed by atoms with E-state index >= 15 is 0 Å². The fraction of sp³-hybridized carbons (Fsp3) is 0.111. The summed E-state index contributed by atoms with van der Waals surface area (Å²) in [6, 6.07) is 6.60. The SMILES string of the molecule is Fc1ccc2[nH]c(CS)cc2c1. The van der Waals surface area contributed by atoms with E-state index in [1.54, 1.807) is 6.07 Å². The molecule has 2 rings (SSSR count). The molecule has 3 heteroatoms. The Labute approximate surface area is 75.0 Å². The van der Waals surface area contributed by atoms with E-state index in [1.165, 1.54) is 12.1 Å². The zero-order valence-electron chi connectivity index (χ0n) is 6.34. The van der Waals surface area contributed by atoms with Gasteiger partial charge in [0.15, 0.2) is 0 Å². The lowest BCUT2D eigenvalue weighted by molar-refractivity contribution is 0.630. The standard InChI is InChI=1S/C9H8FNS/c10-7-1-2-9-6(3-7)4-8(5-12)11-9/h1-4,11-12H,5H2. The van der Waals surface area contributed by atoms with Crippen LogP contribution in [-0.2, 0) is 5.75 Å². The van der Waals surface area contributed by atoms with Gasteiger partial charge in [-0.05, 0) is 24.3 Å². The van der Waals surface area contributed by atoms with E-state index in [4.69, 9.17) is 0 Å². The van der Waals surface area contributed by atoms with Crippen molar-refractivity contribution in [3.05, 3.63) is 35.8 Å². The summed E-state index contributed by atoms with van der Waals surface area (Å²) >= 11 is 4.12. The Morgan fingerprint density at radius 2 is 2.17 bits per heavy atom. The van der Waals surface area contributed by atoms with Crippen LogP contribution in [0.2, 0.25) is 0 Å². The predicted molar refractivity (Wildman–Crippen MR) is 50.9 cm³/mol. The van der Waals surface area contributed by atoms with Crippen molar-refractivity contribution in [3.8, 4) is 0 Å². The van der Waals surface area contributed by atoms with Crippen LogP contribution >= 0.6 is 12.6 Å². The fourth-order valence-electron chi connectivity index (χ4n) is 1.25. The molecule has 0 fully saturated rings. The molecular weight excluding hydrogens is 173 g/mol. The molecular formula is C9H8FNS. The van der Waals surface area contributed by atoms with Crippen LogP contribution < -0.4 is 0 Å². The summed E-state index contributed by atoms with van der Waals surface area (Å²) in [4.78, 5) is 3.13. The number of aromatic amines is 1. The van der Waals surface area contributed by atoms with Gasteiger partial charge in [-0.25, -0.2) is 4.39 Å². The van der Waals surface area contributed by atoms with Gasteiger partial charge in [0.05, 0.1) is 0 Å². The van der Waals surface area contributed by atoms with Crippen molar-refractivity contribution in [1.82, 2.24) is 4.98 Å². The third-order valence-electron chi connectivity index (χ3n) is 1.81. The van der Waals surface area contributed by atoms with Gasteiger partial charge in [0.2, 0.25) is 0 Å². The lowest BCUT2D eigenvalue weighted by atomic mass is 10.2. The van der Waals surface area contributed by atoms with Gasteiger partial charge in [-0.1, -0.05) is 0 Å². The summed E-state index contributed by atoms with van der Waals surface area (Å²) in [5.74, 6) is 0.447. The Bertz CT molecular complexity index is 408. The molecule has 12 heavy (non-hydrogen) atoms. The second-order valence-corrected chi connectivity index (χ2v) is 3.00. The molecule has 2 aromatic rings. The van der Waals surface area contributed by atoms with Crippen LogP contribution in [0, 0.1) is 5.82 Å². The Morgan fingerprint density at radius 1 is 1.33 bits per heavy atom. The van der Waals surface area contributed by atoms with Crippen molar-refractivity contribution < 1.29 is 4.39 Å². The van der Waals surface area contributed by atoms with Gasteiger partial charge in [-0.15, -0.1) is 0 Å². The molecule has 0 saturated heterocycles. The van der Waals surface area contributed by atoms with Gasteiger partial charge in [-0.3, -0.25) is 0 Å². The molecule has 0 radical (unpaired) electrons. The van der Waals surface area contributed by atoms with Crippen LogP contribution in [-0.4, -0.2) is 4.98 Å². The second kappa shape index (κ2) is 2.83. The molecule has 1 N–H and O–H groups in total. The Balaban J connectivity index is 2.67. The quantitative estimate of drug-likeness (QED) is 0.629. The average molecular weight is 181 g/mol. The summed E-state index contributed by atoms with van der Waals surface area (Å²) < 4.78 is 12.7. The third kappa shape index (κ3) is 1.20. The highest BCUT2D eigenvalue weighted by Crippen LogP contribution is 2.17. The van der Waals surface area contributed by atoms with Crippen LogP contribution in [0.25, 0.3) is 10.9 Å². The van der Waals surface area contributed by atoms with Crippen LogP contribution in [0.15, 0.2) is 24.3 Å². The van der Waals surface area contributed by atoms with Crippen LogP contribution in [0.3, 0.4) is 0 Å². The van der Waals surface area contributed by atoms with E-state index in [0.29, 0.717) is 5.75 Å². The summed E-state index contributed by atoms with van der Waals surface area (Å²) in [5.41, 5.74) is 1.97. The molecule has 0 unspecified atom stereocenters. The Hall–Kier alpha value is -0.960. The zero-order valence-corrected chi connectivity index (χ0v) is 7.24. The van der Waals surface area contributed by atoms with Crippen LogP contribution in [0.4, 0.5) is 4.39 Å². The Kier molecular flexibility index (Phi) is 1.81. The first-order valence-corrected chi connectivity index (χ1v) is 4.31. The second-order valence-electron chi connectivity index (χ2n) is 2.68. The molecule has 0 aliphatic rings. The van der Waals surface area contributed by atoms with E-state index < -0.39 is 0 Å². The fourth-order valence-corrected chi connectivity index (χ4v) is 1.42. The van der Waals surface area contributed by atoms with Gasteiger partial charge in [-0.2, -0.15) is 12.6 Å². The normalized spacial score (nSPS) is 10.8. The number of H-pyrrole nitrogens is 1. The van der Waals surface area contributed by atoms with Crippen LogP contribution in [0.1, 0.15) is 5.69 Å². The number of benzene rings is 1. The van der Waals surface area contributed by atoms with Crippen LogP contribution in [0.5, 0.6) is 0 Å². The van der Waals surface area contributed by atoms with Gasteiger partial charge in [0, 0.05) is 22.3 Å². The van der Waals surface area contributed by atoms with Gasteiger partial charge < -0.3 is 4.98 Å². The van der Waals surface area contributed by atoms with Gasteiger partial charge in [0.1, 0.15) is 5.82 Å².